The van der Waals surface area contributed by atoms with Crippen molar-refractivity contribution >= 4 is 11.7 Å². The molecule has 0 aliphatic heterocycles. The lowest BCUT2D eigenvalue weighted by molar-refractivity contribution is 0.251. The van der Waals surface area contributed by atoms with E-state index >= 15 is 0 Å². The van der Waals surface area contributed by atoms with Gasteiger partial charge >= 0.3 is 6.03 Å². The molecule has 146 valence electrons. The Labute approximate surface area is 160 Å². The van der Waals surface area contributed by atoms with Gasteiger partial charge in [0.2, 0.25) is 5.75 Å². The number of ether oxygens (including phenoxy) is 3. The molecule has 6 nitrogen and oxygen atoms in total. The fourth-order valence-corrected chi connectivity index (χ4v) is 2.62. The lowest BCUT2D eigenvalue weighted by atomic mass is 10.1. The number of urea groups is 1. The molecule has 27 heavy (non-hydrogen) atoms. The Balaban J connectivity index is 2.14. The number of nitrogens with one attached hydrogen (secondary N) is 2. The van der Waals surface area contributed by atoms with E-state index < -0.39 is 0 Å². The Hall–Kier alpha value is -2.89. The van der Waals surface area contributed by atoms with Crippen LogP contribution in [0.4, 0.5) is 10.5 Å². The molecule has 0 radical (unpaired) electrons. The minimum Gasteiger partial charge on any atom is -0.490 e. The Morgan fingerprint density at radius 1 is 0.926 bits per heavy atom. The summed E-state index contributed by atoms with van der Waals surface area (Å²) in [5.41, 5.74) is 2.79. The highest BCUT2D eigenvalue weighted by Gasteiger charge is 2.16. The van der Waals surface area contributed by atoms with E-state index in [-0.39, 0.29) is 6.03 Å². The van der Waals surface area contributed by atoms with E-state index in [4.69, 9.17) is 14.2 Å². The van der Waals surface area contributed by atoms with Crippen LogP contribution in [-0.4, -0.2) is 25.9 Å². The normalized spacial score (nSPS) is 10.2. The number of hydrogen-bond donors (Lipinski definition) is 2. The third kappa shape index (κ3) is 5.81. The first-order valence-corrected chi connectivity index (χ1v) is 9.24. The first-order valence-electron chi connectivity index (χ1n) is 9.24. The maximum absolute atomic E-state index is 12.3. The van der Waals surface area contributed by atoms with Crippen molar-refractivity contribution in [2.24, 2.45) is 0 Å². The number of carbonyl (C=O) groups is 1. The molecule has 2 amide bonds. The van der Waals surface area contributed by atoms with Crippen LogP contribution in [-0.2, 0) is 6.54 Å². The molecule has 0 saturated heterocycles. The smallest absolute Gasteiger partial charge is 0.319 e. The number of anilines is 1. The van der Waals surface area contributed by atoms with Gasteiger partial charge < -0.3 is 24.8 Å². The van der Waals surface area contributed by atoms with Crippen molar-refractivity contribution < 1.29 is 19.0 Å². The van der Waals surface area contributed by atoms with Gasteiger partial charge in [0, 0.05) is 18.7 Å². The molecule has 2 rings (SSSR count). The number of hydrogen-bond acceptors (Lipinski definition) is 4. The highest BCUT2D eigenvalue weighted by atomic mass is 16.5. The lowest BCUT2D eigenvalue weighted by Gasteiger charge is -2.17. The van der Waals surface area contributed by atoms with Crippen LogP contribution in [0.2, 0.25) is 0 Å². The van der Waals surface area contributed by atoms with E-state index in [2.05, 4.69) is 10.6 Å². The van der Waals surface area contributed by atoms with Gasteiger partial charge in [0.15, 0.2) is 11.5 Å². The summed E-state index contributed by atoms with van der Waals surface area (Å²) in [4.78, 5) is 12.3. The Morgan fingerprint density at radius 3 is 2.07 bits per heavy atom. The van der Waals surface area contributed by atoms with E-state index in [9.17, 15) is 4.79 Å². The predicted octanol–water partition coefficient (Wildman–Crippen LogP) is 4.51. The largest absolute Gasteiger partial charge is 0.490 e. The van der Waals surface area contributed by atoms with E-state index in [1.54, 1.807) is 12.1 Å². The molecule has 0 bridgehead atoms. The summed E-state index contributed by atoms with van der Waals surface area (Å²) < 4.78 is 17.0. The number of amides is 2. The van der Waals surface area contributed by atoms with Gasteiger partial charge in [0.25, 0.3) is 0 Å². The van der Waals surface area contributed by atoms with E-state index in [1.807, 2.05) is 52.0 Å². The van der Waals surface area contributed by atoms with Gasteiger partial charge in [-0.3, -0.25) is 0 Å². The predicted molar refractivity (Wildman–Crippen MR) is 107 cm³/mol. The number of carbonyl (C=O) groups excluding carboxylic acids is 1. The average Bonchev–Trinajstić information content (AvgIpc) is 2.64. The molecule has 6 heteroatoms. The molecule has 2 N–H and O–H groups in total. The molecule has 0 heterocycles. The summed E-state index contributed by atoms with van der Waals surface area (Å²) in [6, 6.07) is 11.1. The molecular weight excluding hydrogens is 344 g/mol. The topological polar surface area (TPSA) is 68.8 Å². The highest BCUT2D eigenvalue weighted by Crippen LogP contribution is 2.40. The second kappa shape index (κ2) is 10.3. The van der Waals surface area contributed by atoms with Gasteiger partial charge in [-0.2, -0.15) is 0 Å². The van der Waals surface area contributed by atoms with Crippen LogP contribution in [0.15, 0.2) is 36.4 Å². The maximum Gasteiger partial charge on any atom is 0.319 e. The fourth-order valence-electron chi connectivity index (χ4n) is 2.62. The Kier molecular flexibility index (Phi) is 7.79. The highest BCUT2D eigenvalue weighted by molar-refractivity contribution is 5.90. The van der Waals surface area contributed by atoms with E-state index in [1.165, 1.54) is 0 Å². The first-order chi connectivity index (χ1) is 13.1. The SMILES string of the molecule is CCOc1cc(NC(=O)NCc2ccccc2C)cc(OCC)c1OCC. The summed E-state index contributed by atoms with van der Waals surface area (Å²) in [5, 5.41) is 5.70. The molecule has 0 spiro atoms. The fraction of sp³-hybridized carbons (Fsp3) is 0.381. The standard InChI is InChI=1S/C21H28N2O4/c1-5-25-18-12-17(13-19(26-6-2)20(18)27-7-3)23-21(24)22-14-16-11-9-8-10-15(16)4/h8-13H,5-7,14H2,1-4H3,(H2,22,23,24). The van der Waals surface area contributed by atoms with Gasteiger partial charge in [0.1, 0.15) is 0 Å². The lowest BCUT2D eigenvalue weighted by Crippen LogP contribution is -2.28. The third-order valence-electron chi connectivity index (χ3n) is 3.87. The van der Waals surface area contributed by atoms with Crippen LogP contribution in [0.3, 0.4) is 0 Å². The molecule has 0 fully saturated rings. The third-order valence-corrected chi connectivity index (χ3v) is 3.87. The van der Waals surface area contributed by atoms with Crippen molar-refractivity contribution in [1.29, 1.82) is 0 Å². The Morgan fingerprint density at radius 2 is 1.52 bits per heavy atom. The first kappa shape index (κ1) is 20.4. The molecule has 0 atom stereocenters. The van der Waals surface area contributed by atoms with Crippen molar-refractivity contribution in [3.05, 3.63) is 47.5 Å². The minimum atomic E-state index is -0.299. The van der Waals surface area contributed by atoms with Crippen molar-refractivity contribution in [1.82, 2.24) is 5.32 Å². The van der Waals surface area contributed by atoms with Gasteiger partial charge in [0.05, 0.1) is 25.5 Å². The Bertz CT molecular complexity index is 735. The van der Waals surface area contributed by atoms with E-state index in [0.717, 1.165) is 11.1 Å². The average molecular weight is 372 g/mol. The van der Waals surface area contributed by atoms with Crippen LogP contribution in [0.25, 0.3) is 0 Å². The molecule has 0 aromatic heterocycles. The molecule has 0 saturated carbocycles. The van der Waals surface area contributed by atoms with Crippen LogP contribution in [0.1, 0.15) is 31.9 Å². The zero-order chi connectivity index (χ0) is 19.6. The van der Waals surface area contributed by atoms with Gasteiger partial charge in [-0.1, -0.05) is 24.3 Å². The second-order valence-corrected chi connectivity index (χ2v) is 5.83. The van der Waals surface area contributed by atoms with Crippen LogP contribution in [0, 0.1) is 6.92 Å². The molecule has 2 aromatic carbocycles. The quantitative estimate of drug-likeness (QED) is 0.679. The van der Waals surface area contributed by atoms with Crippen LogP contribution >= 0.6 is 0 Å². The van der Waals surface area contributed by atoms with Crippen molar-refractivity contribution in [3.8, 4) is 17.2 Å². The van der Waals surface area contributed by atoms with Crippen molar-refractivity contribution in [3.63, 3.8) is 0 Å². The van der Waals surface area contributed by atoms with Crippen molar-refractivity contribution in [2.45, 2.75) is 34.2 Å². The molecule has 0 unspecified atom stereocenters. The zero-order valence-corrected chi connectivity index (χ0v) is 16.4. The number of aryl methyl sites for hydroxylation is 1. The zero-order valence-electron chi connectivity index (χ0n) is 16.4. The molecule has 0 aliphatic rings. The molecule has 0 aliphatic carbocycles. The summed E-state index contributed by atoms with van der Waals surface area (Å²) in [5.74, 6) is 1.63. The second-order valence-electron chi connectivity index (χ2n) is 5.83. The maximum atomic E-state index is 12.3. The van der Waals surface area contributed by atoms with Gasteiger partial charge in [-0.05, 0) is 38.8 Å². The number of benzene rings is 2. The van der Waals surface area contributed by atoms with Crippen LogP contribution in [0.5, 0.6) is 17.2 Å². The summed E-state index contributed by atoms with van der Waals surface area (Å²) >= 11 is 0. The van der Waals surface area contributed by atoms with E-state index in [0.29, 0.717) is 49.3 Å². The minimum absolute atomic E-state index is 0.299. The molecule has 2 aromatic rings. The van der Waals surface area contributed by atoms with Gasteiger partial charge in [-0.15, -0.1) is 0 Å². The van der Waals surface area contributed by atoms with Gasteiger partial charge in [-0.25, -0.2) is 4.79 Å². The summed E-state index contributed by atoms with van der Waals surface area (Å²) in [6.07, 6.45) is 0. The number of rotatable bonds is 9. The summed E-state index contributed by atoms with van der Waals surface area (Å²) in [6.45, 7) is 9.61. The van der Waals surface area contributed by atoms with Crippen molar-refractivity contribution in [2.75, 3.05) is 25.1 Å². The monoisotopic (exact) mass is 372 g/mol. The summed E-state index contributed by atoms with van der Waals surface area (Å²) in [7, 11) is 0. The molecular formula is C21H28N2O4. The van der Waals surface area contributed by atoms with Crippen LogP contribution < -0.4 is 24.8 Å².